The van der Waals surface area contributed by atoms with Crippen LogP contribution in [0.3, 0.4) is 0 Å². The number of nitrogens with zero attached hydrogens (tertiary/aromatic N) is 1. The number of rotatable bonds is 5. The van der Waals surface area contributed by atoms with Crippen LogP contribution in [0.15, 0.2) is 0 Å². The summed E-state index contributed by atoms with van der Waals surface area (Å²) < 4.78 is 5.51. The average Bonchev–Trinajstić information content (AvgIpc) is 2.35. The summed E-state index contributed by atoms with van der Waals surface area (Å²) in [6.07, 6.45) is 2.07. The van der Waals surface area contributed by atoms with Gasteiger partial charge in [-0.3, -0.25) is 4.79 Å². The van der Waals surface area contributed by atoms with E-state index in [4.69, 9.17) is 4.74 Å². The van der Waals surface area contributed by atoms with Crippen LogP contribution in [0.25, 0.3) is 0 Å². The van der Waals surface area contributed by atoms with Gasteiger partial charge in [0, 0.05) is 32.7 Å². The van der Waals surface area contributed by atoms with Crippen LogP contribution in [-0.4, -0.2) is 49.7 Å². The highest BCUT2D eigenvalue weighted by Crippen LogP contribution is 2.24. The average molecular weight is 242 g/mol. The van der Waals surface area contributed by atoms with Crippen LogP contribution in [-0.2, 0) is 9.53 Å². The molecular formula is C13H26N2O2. The van der Waals surface area contributed by atoms with Crippen LogP contribution in [0.4, 0.5) is 0 Å². The fourth-order valence-electron chi connectivity index (χ4n) is 2.32. The van der Waals surface area contributed by atoms with Crippen LogP contribution in [0.2, 0.25) is 0 Å². The molecule has 17 heavy (non-hydrogen) atoms. The Hall–Kier alpha value is -0.610. The van der Waals surface area contributed by atoms with Gasteiger partial charge in [-0.1, -0.05) is 13.8 Å². The standard InChI is InChI=1S/C13H26N2O2/c1-5-14-9-11(2)12(16)15-8-6-7-13(3,10-15)17-4/h11,14H,5-10H2,1-4H3. The van der Waals surface area contributed by atoms with Crippen LogP contribution in [0.5, 0.6) is 0 Å². The van der Waals surface area contributed by atoms with Crippen LogP contribution >= 0.6 is 0 Å². The van der Waals surface area contributed by atoms with Gasteiger partial charge in [0.15, 0.2) is 0 Å². The number of nitrogens with one attached hydrogen (secondary N) is 1. The normalized spacial score (nSPS) is 26.9. The topological polar surface area (TPSA) is 41.6 Å². The van der Waals surface area contributed by atoms with Crippen molar-refractivity contribution in [2.75, 3.05) is 33.3 Å². The number of carbonyl (C=O) groups excluding carboxylic acids is 1. The molecule has 2 atom stereocenters. The van der Waals surface area contributed by atoms with Crippen molar-refractivity contribution in [3.05, 3.63) is 0 Å². The zero-order valence-electron chi connectivity index (χ0n) is 11.6. The molecule has 2 unspecified atom stereocenters. The molecule has 1 fully saturated rings. The number of ether oxygens (including phenoxy) is 1. The summed E-state index contributed by atoms with van der Waals surface area (Å²) >= 11 is 0. The second-order valence-electron chi connectivity index (χ2n) is 5.23. The monoisotopic (exact) mass is 242 g/mol. The first kappa shape index (κ1) is 14.5. The molecule has 1 aliphatic rings. The van der Waals surface area contributed by atoms with E-state index in [9.17, 15) is 4.79 Å². The molecule has 0 aromatic heterocycles. The van der Waals surface area contributed by atoms with E-state index in [0.717, 1.165) is 39.0 Å². The number of likely N-dealkylation sites (tertiary alicyclic amines) is 1. The molecule has 4 heteroatoms. The third kappa shape index (κ3) is 3.96. The Balaban J connectivity index is 2.51. The number of amides is 1. The van der Waals surface area contributed by atoms with Crippen molar-refractivity contribution < 1.29 is 9.53 Å². The molecular weight excluding hydrogens is 216 g/mol. The minimum absolute atomic E-state index is 0.0501. The van der Waals surface area contributed by atoms with E-state index in [2.05, 4.69) is 19.2 Å². The van der Waals surface area contributed by atoms with E-state index in [1.165, 1.54) is 0 Å². The molecule has 1 amide bonds. The predicted octanol–water partition coefficient (Wildman–Crippen LogP) is 1.26. The van der Waals surface area contributed by atoms with Crippen LogP contribution in [0, 0.1) is 5.92 Å². The van der Waals surface area contributed by atoms with E-state index in [-0.39, 0.29) is 17.4 Å². The second-order valence-corrected chi connectivity index (χ2v) is 5.23. The van der Waals surface area contributed by atoms with Crippen molar-refractivity contribution in [3.8, 4) is 0 Å². The molecule has 1 N–H and O–H groups in total. The second kappa shape index (κ2) is 6.36. The lowest BCUT2D eigenvalue weighted by Gasteiger charge is -2.40. The zero-order valence-corrected chi connectivity index (χ0v) is 11.6. The number of hydrogen-bond acceptors (Lipinski definition) is 3. The predicted molar refractivity (Wildman–Crippen MR) is 68.9 cm³/mol. The molecule has 4 nitrogen and oxygen atoms in total. The maximum Gasteiger partial charge on any atom is 0.226 e. The van der Waals surface area contributed by atoms with Crippen molar-refractivity contribution in [2.24, 2.45) is 5.92 Å². The van der Waals surface area contributed by atoms with Gasteiger partial charge < -0.3 is 15.0 Å². The summed E-state index contributed by atoms with van der Waals surface area (Å²) in [6, 6.07) is 0. The van der Waals surface area contributed by atoms with Gasteiger partial charge in [0.1, 0.15) is 0 Å². The van der Waals surface area contributed by atoms with E-state index in [1.54, 1.807) is 7.11 Å². The zero-order chi connectivity index (χ0) is 12.9. The molecule has 0 aromatic carbocycles. The lowest BCUT2D eigenvalue weighted by molar-refractivity contribution is -0.142. The quantitative estimate of drug-likeness (QED) is 0.789. The molecule has 0 spiro atoms. The van der Waals surface area contributed by atoms with E-state index < -0.39 is 0 Å². The highest BCUT2D eigenvalue weighted by molar-refractivity contribution is 5.78. The van der Waals surface area contributed by atoms with Gasteiger partial charge in [-0.15, -0.1) is 0 Å². The van der Waals surface area contributed by atoms with E-state index in [1.807, 2.05) is 11.8 Å². The van der Waals surface area contributed by atoms with Gasteiger partial charge in [0.2, 0.25) is 5.91 Å². The Kier molecular flexibility index (Phi) is 5.40. The van der Waals surface area contributed by atoms with Crippen LogP contribution < -0.4 is 5.32 Å². The first-order valence-electron chi connectivity index (χ1n) is 6.57. The fourth-order valence-corrected chi connectivity index (χ4v) is 2.32. The number of carbonyl (C=O) groups is 1. The Labute approximate surface area is 105 Å². The fraction of sp³-hybridized carbons (Fsp3) is 0.923. The summed E-state index contributed by atoms with van der Waals surface area (Å²) in [6.45, 7) is 9.39. The van der Waals surface area contributed by atoms with Crippen molar-refractivity contribution in [2.45, 2.75) is 39.2 Å². The van der Waals surface area contributed by atoms with Gasteiger partial charge >= 0.3 is 0 Å². The van der Waals surface area contributed by atoms with Crippen molar-refractivity contribution in [1.29, 1.82) is 0 Å². The molecule has 1 aliphatic heterocycles. The molecule has 1 rings (SSSR count). The Morgan fingerprint density at radius 3 is 2.88 bits per heavy atom. The molecule has 0 saturated carbocycles. The lowest BCUT2D eigenvalue weighted by atomic mass is 9.94. The minimum Gasteiger partial charge on any atom is -0.377 e. The van der Waals surface area contributed by atoms with E-state index in [0.29, 0.717) is 0 Å². The summed E-state index contributed by atoms with van der Waals surface area (Å²) in [5.41, 5.74) is -0.161. The third-order valence-corrected chi connectivity index (χ3v) is 3.59. The van der Waals surface area contributed by atoms with E-state index >= 15 is 0 Å². The molecule has 0 aliphatic carbocycles. The Morgan fingerprint density at radius 1 is 1.59 bits per heavy atom. The van der Waals surface area contributed by atoms with Gasteiger partial charge in [-0.25, -0.2) is 0 Å². The first-order valence-corrected chi connectivity index (χ1v) is 6.57. The summed E-state index contributed by atoms with van der Waals surface area (Å²) in [7, 11) is 1.73. The largest absolute Gasteiger partial charge is 0.377 e. The van der Waals surface area contributed by atoms with Crippen molar-refractivity contribution in [1.82, 2.24) is 10.2 Å². The molecule has 0 bridgehead atoms. The van der Waals surface area contributed by atoms with Gasteiger partial charge in [0.25, 0.3) is 0 Å². The maximum atomic E-state index is 12.2. The SMILES string of the molecule is CCNCC(C)C(=O)N1CCCC(C)(OC)C1. The summed E-state index contributed by atoms with van der Waals surface area (Å²) in [5.74, 6) is 0.295. The minimum atomic E-state index is -0.161. The molecule has 1 heterocycles. The smallest absolute Gasteiger partial charge is 0.226 e. The number of methoxy groups -OCH3 is 1. The highest BCUT2D eigenvalue weighted by atomic mass is 16.5. The summed E-state index contributed by atoms with van der Waals surface area (Å²) in [5, 5.41) is 3.22. The highest BCUT2D eigenvalue weighted by Gasteiger charge is 2.34. The van der Waals surface area contributed by atoms with Gasteiger partial charge in [-0.2, -0.15) is 0 Å². The number of hydrogen-bond donors (Lipinski definition) is 1. The summed E-state index contributed by atoms with van der Waals surface area (Å²) in [4.78, 5) is 14.2. The van der Waals surface area contributed by atoms with Crippen molar-refractivity contribution in [3.63, 3.8) is 0 Å². The Morgan fingerprint density at radius 2 is 2.29 bits per heavy atom. The molecule has 0 aromatic rings. The molecule has 1 saturated heterocycles. The maximum absolute atomic E-state index is 12.2. The van der Waals surface area contributed by atoms with Crippen LogP contribution in [0.1, 0.15) is 33.6 Å². The first-order chi connectivity index (χ1) is 8.02. The molecule has 0 radical (unpaired) electrons. The lowest BCUT2D eigenvalue weighted by Crippen LogP contribution is -2.51. The molecule has 100 valence electrons. The van der Waals surface area contributed by atoms with Gasteiger partial charge in [-0.05, 0) is 26.3 Å². The third-order valence-electron chi connectivity index (χ3n) is 3.59. The Bertz CT molecular complexity index is 258. The number of piperidine rings is 1. The van der Waals surface area contributed by atoms with Crippen molar-refractivity contribution >= 4 is 5.91 Å². The van der Waals surface area contributed by atoms with Gasteiger partial charge in [0.05, 0.1) is 5.60 Å².